The van der Waals surface area contributed by atoms with Crippen molar-refractivity contribution in [2.45, 2.75) is 20.0 Å². The monoisotopic (exact) mass is 190 g/mol. The largest absolute Gasteiger partial charge is 0.455 e. The minimum Gasteiger partial charge on any atom is -0.455 e. The molecule has 14 heavy (non-hydrogen) atoms. The van der Waals surface area contributed by atoms with E-state index in [1.165, 1.54) is 6.08 Å². The number of hydrogen-bond acceptors (Lipinski definition) is 2. The summed E-state index contributed by atoms with van der Waals surface area (Å²) < 4.78 is 5.11. The summed E-state index contributed by atoms with van der Waals surface area (Å²) >= 11 is 0. The summed E-state index contributed by atoms with van der Waals surface area (Å²) in [6.45, 7) is 7.20. The maximum Gasteiger partial charge on any atom is 0.330 e. The molecule has 0 aliphatic carbocycles. The molecule has 0 heterocycles. The predicted molar refractivity (Wildman–Crippen MR) is 55.9 cm³/mol. The van der Waals surface area contributed by atoms with Crippen molar-refractivity contribution in [2.24, 2.45) is 0 Å². The van der Waals surface area contributed by atoms with Crippen LogP contribution in [0.2, 0.25) is 0 Å². The molecule has 0 aliphatic rings. The number of ether oxygens (including phenoxy) is 1. The highest BCUT2D eigenvalue weighted by Gasteiger charge is 2.10. The molecule has 0 radical (unpaired) electrons. The van der Waals surface area contributed by atoms with Gasteiger partial charge in [0.25, 0.3) is 0 Å². The van der Waals surface area contributed by atoms with Crippen molar-refractivity contribution in [1.82, 2.24) is 0 Å². The first-order valence-electron chi connectivity index (χ1n) is 4.53. The Kier molecular flexibility index (Phi) is 3.46. The van der Waals surface area contributed by atoms with E-state index < -0.39 is 0 Å². The molecule has 0 N–H and O–H groups in total. The molecule has 0 aromatic heterocycles. The summed E-state index contributed by atoms with van der Waals surface area (Å²) in [6.07, 6.45) is 0.955. The maximum atomic E-state index is 11.0. The fourth-order valence-corrected chi connectivity index (χ4v) is 1.33. The van der Waals surface area contributed by atoms with Gasteiger partial charge in [0.05, 0.1) is 0 Å². The van der Waals surface area contributed by atoms with E-state index in [0.717, 1.165) is 11.1 Å². The van der Waals surface area contributed by atoms with Crippen LogP contribution in [0.1, 0.15) is 24.2 Å². The molecule has 0 saturated heterocycles. The third-order valence-electron chi connectivity index (χ3n) is 2.09. The molecule has 0 fully saturated rings. The Labute approximate surface area is 84.2 Å². The van der Waals surface area contributed by atoms with Crippen LogP contribution in [0.4, 0.5) is 0 Å². The predicted octanol–water partition coefficient (Wildman–Crippen LogP) is 2.79. The highest BCUT2D eigenvalue weighted by Crippen LogP contribution is 2.20. The zero-order valence-electron chi connectivity index (χ0n) is 8.49. The van der Waals surface area contributed by atoms with E-state index in [9.17, 15) is 4.79 Å². The fourth-order valence-electron chi connectivity index (χ4n) is 1.33. The summed E-state index contributed by atoms with van der Waals surface area (Å²) in [7, 11) is 0. The molecule has 2 heteroatoms. The summed E-state index contributed by atoms with van der Waals surface area (Å²) in [5, 5.41) is 0. The minimum atomic E-state index is -0.388. The number of benzene rings is 1. The lowest BCUT2D eigenvalue weighted by atomic mass is 10.0. The zero-order chi connectivity index (χ0) is 10.6. The molecule has 74 valence electrons. The molecule has 1 unspecified atom stereocenters. The Morgan fingerprint density at radius 1 is 1.50 bits per heavy atom. The van der Waals surface area contributed by atoms with Gasteiger partial charge < -0.3 is 4.74 Å². The van der Waals surface area contributed by atoms with Gasteiger partial charge in [-0.2, -0.15) is 0 Å². The van der Waals surface area contributed by atoms with Gasteiger partial charge in [-0.3, -0.25) is 0 Å². The van der Waals surface area contributed by atoms with E-state index in [-0.39, 0.29) is 12.1 Å². The number of aryl methyl sites for hydroxylation is 1. The second-order valence-electron chi connectivity index (χ2n) is 3.14. The Hall–Kier alpha value is -1.57. The number of esters is 1. The average molecular weight is 190 g/mol. The smallest absolute Gasteiger partial charge is 0.330 e. The Morgan fingerprint density at radius 2 is 2.14 bits per heavy atom. The maximum absolute atomic E-state index is 11.0. The molecule has 1 atom stereocenters. The van der Waals surface area contributed by atoms with Gasteiger partial charge in [0.1, 0.15) is 6.10 Å². The van der Waals surface area contributed by atoms with Crippen molar-refractivity contribution >= 4 is 5.97 Å². The highest BCUT2D eigenvalue weighted by molar-refractivity contribution is 5.81. The van der Waals surface area contributed by atoms with E-state index in [2.05, 4.69) is 6.58 Å². The van der Waals surface area contributed by atoms with Crippen LogP contribution in [0.15, 0.2) is 36.9 Å². The van der Waals surface area contributed by atoms with Crippen molar-refractivity contribution in [3.63, 3.8) is 0 Å². The Balaban J connectivity index is 2.79. The normalized spacial score (nSPS) is 11.9. The van der Waals surface area contributed by atoms with Gasteiger partial charge in [-0.1, -0.05) is 30.8 Å². The van der Waals surface area contributed by atoms with E-state index in [1.807, 2.05) is 38.1 Å². The molecule has 2 nitrogen and oxygen atoms in total. The van der Waals surface area contributed by atoms with Crippen LogP contribution in [0.25, 0.3) is 0 Å². The lowest BCUT2D eigenvalue weighted by Crippen LogP contribution is -2.06. The van der Waals surface area contributed by atoms with Gasteiger partial charge in [-0.15, -0.1) is 0 Å². The Bertz CT molecular complexity index is 342. The van der Waals surface area contributed by atoms with Crippen molar-refractivity contribution < 1.29 is 9.53 Å². The van der Waals surface area contributed by atoms with Crippen molar-refractivity contribution in [2.75, 3.05) is 0 Å². The van der Waals surface area contributed by atoms with Crippen molar-refractivity contribution in [3.8, 4) is 0 Å². The third kappa shape index (κ3) is 2.46. The molecular weight excluding hydrogens is 176 g/mol. The summed E-state index contributed by atoms with van der Waals surface area (Å²) in [5.41, 5.74) is 2.15. The van der Waals surface area contributed by atoms with Crippen molar-refractivity contribution in [3.05, 3.63) is 48.0 Å². The van der Waals surface area contributed by atoms with Crippen LogP contribution in [-0.2, 0) is 9.53 Å². The first-order valence-corrected chi connectivity index (χ1v) is 4.53. The van der Waals surface area contributed by atoms with Crippen LogP contribution in [0.5, 0.6) is 0 Å². The second-order valence-corrected chi connectivity index (χ2v) is 3.14. The molecule has 1 aromatic carbocycles. The molecule has 1 aromatic rings. The van der Waals surface area contributed by atoms with Crippen LogP contribution >= 0.6 is 0 Å². The fraction of sp³-hybridized carbons (Fsp3) is 0.250. The van der Waals surface area contributed by atoms with E-state index in [4.69, 9.17) is 4.74 Å². The van der Waals surface area contributed by atoms with Gasteiger partial charge >= 0.3 is 5.97 Å². The zero-order valence-corrected chi connectivity index (χ0v) is 8.49. The van der Waals surface area contributed by atoms with Crippen molar-refractivity contribution in [1.29, 1.82) is 0 Å². The number of carbonyl (C=O) groups is 1. The summed E-state index contributed by atoms with van der Waals surface area (Å²) in [4.78, 5) is 11.0. The van der Waals surface area contributed by atoms with E-state index in [0.29, 0.717) is 0 Å². The molecular formula is C12H14O2. The van der Waals surface area contributed by atoms with E-state index in [1.54, 1.807) is 0 Å². The van der Waals surface area contributed by atoms with Gasteiger partial charge in [-0.05, 0) is 25.0 Å². The highest BCUT2D eigenvalue weighted by atomic mass is 16.5. The molecule has 0 bridgehead atoms. The average Bonchev–Trinajstić information content (AvgIpc) is 2.18. The van der Waals surface area contributed by atoms with Gasteiger partial charge in [0.15, 0.2) is 0 Å². The van der Waals surface area contributed by atoms with Gasteiger partial charge in [0, 0.05) is 6.08 Å². The Morgan fingerprint density at radius 3 is 2.71 bits per heavy atom. The second kappa shape index (κ2) is 4.61. The number of rotatable bonds is 3. The van der Waals surface area contributed by atoms with Crippen LogP contribution in [0, 0.1) is 6.92 Å². The van der Waals surface area contributed by atoms with Gasteiger partial charge in [-0.25, -0.2) is 4.79 Å². The number of hydrogen-bond donors (Lipinski definition) is 0. The lowest BCUT2D eigenvalue weighted by Gasteiger charge is -2.14. The standard InChI is InChI=1S/C12H14O2/c1-4-12(13)14-10(3)11-8-6-5-7-9(11)2/h4-8,10H,1H2,2-3H3. The van der Waals surface area contributed by atoms with Crippen LogP contribution in [0.3, 0.4) is 0 Å². The van der Waals surface area contributed by atoms with Crippen LogP contribution < -0.4 is 0 Å². The molecule has 0 aliphatic heterocycles. The minimum absolute atomic E-state index is 0.221. The summed E-state index contributed by atoms with van der Waals surface area (Å²) in [5.74, 6) is -0.388. The van der Waals surface area contributed by atoms with Gasteiger partial charge in [0.2, 0.25) is 0 Å². The third-order valence-corrected chi connectivity index (χ3v) is 2.09. The van der Waals surface area contributed by atoms with Crippen LogP contribution in [-0.4, -0.2) is 5.97 Å². The molecule has 0 saturated carbocycles. The lowest BCUT2D eigenvalue weighted by molar-refractivity contribution is -0.142. The summed E-state index contributed by atoms with van der Waals surface area (Å²) in [6, 6.07) is 7.84. The molecule has 1 rings (SSSR count). The van der Waals surface area contributed by atoms with E-state index >= 15 is 0 Å². The first kappa shape index (κ1) is 10.5. The SMILES string of the molecule is C=CC(=O)OC(C)c1ccccc1C. The topological polar surface area (TPSA) is 26.3 Å². The first-order chi connectivity index (χ1) is 6.65. The molecule has 0 spiro atoms. The number of carbonyl (C=O) groups excluding carboxylic acids is 1. The molecule has 0 amide bonds. The quantitative estimate of drug-likeness (QED) is 0.541.